The predicted molar refractivity (Wildman–Crippen MR) is 66.5 cm³/mol. The highest BCUT2D eigenvalue weighted by molar-refractivity contribution is 6.21. The van der Waals surface area contributed by atoms with Gasteiger partial charge >= 0.3 is 0 Å². The van der Waals surface area contributed by atoms with Crippen LogP contribution in [0.15, 0.2) is 30.3 Å². The van der Waals surface area contributed by atoms with Gasteiger partial charge in [0.1, 0.15) is 0 Å². The molecule has 0 heterocycles. The zero-order valence-corrected chi connectivity index (χ0v) is 10.1. The average Bonchev–Trinajstić information content (AvgIpc) is 3.04. The minimum atomic E-state index is 0.324. The Balaban J connectivity index is 2.12. The van der Waals surface area contributed by atoms with Gasteiger partial charge in [0.05, 0.1) is 0 Å². The van der Waals surface area contributed by atoms with Gasteiger partial charge in [-0.2, -0.15) is 0 Å². The fourth-order valence-corrected chi connectivity index (χ4v) is 2.93. The smallest absolute Gasteiger partial charge is 0.0407 e. The molecule has 0 spiro atoms. The Morgan fingerprint density at radius 2 is 1.93 bits per heavy atom. The minimum Gasteiger partial charge on any atom is -0.122 e. The van der Waals surface area contributed by atoms with Crippen molar-refractivity contribution in [2.45, 2.75) is 43.9 Å². The van der Waals surface area contributed by atoms with E-state index in [1.165, 1.54) is 24.8 Å². The van der Waals surface area contributed by atoms with Crippen LogP contribution < -0.4 is 0 Å². The first-order valence-electron chi connectivity index (χ1n) is 6.02. The van der Waals surface area contributed by atoms with Crippen LogP contribution in [-0.2, 0) is 0 Å². The number of halogens is 1. The second-order valence-corrected chi connectivity index (χ2v) is 5.14. The third-order valence-corrected chi connectivity index (χ3v) is 3.76. The molecule has 82 valence electrons. The molecule has 1 fully saturated rings. The summed E-state index contributed by atoms with van der Waals surface area (Å²) in [5.41, 5.74) is 1.44. The Morgan fingerprint density at radius 3 is 2.47 bits per heavy atom. The van der Waals surface area contributed by atoms with Gasteiger partial charge in [-0.05, 0) is 30.7 Å². The number of rotatable bonds is 5. The van der Waals surface area contributed by atoms with Gasteiger partial charge in [0.25, 0.3) is 0 Å². The summed E-state index contributed by atoms with van der Waals surface area (Å²) < 4.78 is 0. The monoisotopic (exact) mass is 222 g/mol. The van der Waals surface area contributed by atoms with Crippen LogP contribution in [0.2, 0.25) is 0 Å². The van der Waals surface area contributed by atoms with Crippen molar-refractivity contribution in [1.29, 1.82) is 0 Å². The molecule has 0 radical (unpaired) electrons. The predicted octanol–water partition coefficient (Wildman–Crippen LogP) is 4.59. The highest BCUT2D eigenvalue weighted by Crippen LogP contribution is 2.46. The molecule has 1 saturated carbocycles. The van der Waals surface area contributed by atoms with Crippen LogP contribution >= 0.6 is 11.6 Å². The SMILES string of the molecule is CCCC(Cl)C(c1ccccc1)C1CC1. The molecule has 0 bridgehead atoms. The van der Waals surface area contributed by atoms with E-state index in [0.29, 0.717) is 11.3 Å². The lowest BCUT2D eigenvalue weighted by molar-refractivity contribution is 0.538. The first kappa shape index (κ1) is 11.0. The average molecular weight is 223 g/mol. The molecule has 15 heavy (non-hydrogen) atoms. The molecule has 1 aromatic carbocycles. The van der Waals surface area contributed by atoms with Crippen molar-refractivity contribution >= 4 is 11.6 Å². The lowest BCUT2D eigenvalue weighted by atomic mass is 9.89. The Morgan fingerprint density at radius 1 is 1.27 bits per heavy atom. The quantitative estimate of drug-likeness (QED) is 0.640. The van der Waals surface area contributed by atoms with E-state index in [4.69, 9.17) is 11.6 Å². The van der Waals surface area contributed by atoms with Crippen LogP contribution in [0, 0.1) is 5.92 Å². The Bertz CT molecular complexity index is 289. The van der Waals surface area contributed by atoms with E-state index in [9.17, 15) is 0 Å². The lowest BCUT2D eigenvalue weighted by Gasteiger charge is -2.22. The van der Waals surface area contributed by atoms with Crippen LogP contribution in [-0.4, -0.2) is 5.38 Å². The molecule has 0 aromatic heterocycles. The van der Waals surface area contributed by atoms with Gasteiger partial charge in [0.15, 0.2) is 0 Å². The summed E-state index contributed by atoms with van der Waals surface area (Å²) in [6.07, 6.45) is 5.06. The molecule has 0 amide bonds. The normalized spacial score (nSPS) is 19.9. The molecule has 0 nitrogen and oxygen atoms in total. The maximum absolute atomic E-state index is 6.52. The Kier molecular flexibility index (Phi) is 3.69. The van der Waals surface area contributed by atoms with Gasteiger partial charge in [-0.15, -0.1) is 11.6 Å². The van der Waals surface area contributed by atoms with E-state index in [-0.39, 0.29) is 0 Å². The van der Waals surface area contributed by atoms with Crippen LogP contribution in [0.25, 0.3) is 0 Å². The largest absolute Gasteiger partial charge is 0.122 e. The molecule has 2 atom stereocenters. The fourth-order valence-electron chi connectivity index (χ4n) is 2.36. The summed E-state index contributed by atoms with van der Waals surface area (Å²) in [4.78, 5) is 0. The fraction of sp³-hybridized carbons (Fsp3) is 0.571. The molecule has 1 aromatic rings. The second kappa shape index (κ2) is 5.03. The molecule has 0 N–H and O–H groups in total. The standard InChI is InChI=1S/C14H19Cl/c1-2-6-13(15)14(12-9-10-12)11-7-4-3-5-8-11/h3-5,7-8,12-14H,2,6,9-10H2,1H3. The Labute approximate surface area is 97.6 Å². The molecule has 0 saturated heterocycles. The summed E-state index contributed by atoms with van der Waals surface area (Å²) >= 11 is 6.52. The zero-order valence-electron chi connectivity index (χ0n) is 9.33. The number of alkyl halides is 1. The first-order chi connectivity index (χ1) is 7.33. The van der Waals surface area contributed by atoms with Gasteiger partial charge in [-0.25, -0.2) is 0 Å². The highest BCUT2D eigenvalue weighted by Gasteiger charge is 2.36. The first-order valence-corrected chi connectivity index (χ1v) is 6.45. The maximum atomic E-state index is 6.52. The number of hydrogen-bond acceptors (Lipinski definition) is 0. The summed E-state index contributed by atoms with van der Waals surface area (Å²) in [5, 5.41) is 0.324. The van der Waals surface area contributed by atoms with Crippen molar-refractivity contribution in [2.75, 3.05) is 0 Å². The van der Waals surface area contributed by atoms with Crippen LogP contribution in [0.4, 0.5) is 0 Å². The zero-order chi connectivity index (χ0) is 10.7. The van der Waals surface area contributed by atoms with Crippen LogP contribution in [0.1, 0.15) is 44.1 Å². The van der Waals surface area contributed by atoms with Crippen molar-refractivity contribution in [3.05, 3.63) is 35.9 Å². The van der Waals surface area contributed by atoms with Gasteiger partial charge in [-0.3, -0.25) is 0 Å². The topological polar surface area (TPSA) is 0 Å². The van der Waals surface area contributed by atoms with E-state index < -0.39 is 0 Å². The van der Waals surface area contributed by atoms with Crippen LogP contribution in [0.5, 0.6) is 0 Å². The molecule has 2 rings (SSSR count). The Hall–Kier alpha value is -0.490. The van der Waals surface area contributed by atoms with E-state index >= 15 is 0 Å². The third-order valence-electron chi connectivity index (χ3n) is 3.27. The van der Waals surface area contributed by atoms with Crippen molar-refractivity contribution in [3.8, 4) is 0 Å². The minimum absolute atomic E-state index is 0.324. The third kappa shape index (κ3) is 2.75. The van der Waals surface area contributed by atoms with Crippen molar-refractivity contribution in [1.82, 2.24) is 0 Å². The molecule has 1 aliphatic carbocycles. The van der Waals surface area contributed by atoms with Gasteiger partial charge < -0.3 is 0 Å². The van der Waals surface area contributed by atoms with Gasteiger partial charge in [-0.1, -0.05) is 43.7 Å². The van der Waals surface area contributed by atoms with E-state index in [1.54, 1.807) is 0 Å². The number of hydrogen-bond donors (Lipinski definition) is 0. The van der Waals surface area contributed by atoms with E-state index in [0.717, 1.165) is 12.3 Å². The maximum Gasteiger partial charge on any atom is 0.0407 e. The molecule has 1 heteroatoms. The summed E-state index contributed by atoms with van der Waals surface area (Å²) in [6, 6.07) is 10.8. The lowest BCUT2D eigenvalue weighted by Crippen LogP contribution is -2.14. The molecule has 2 unspecified atom stereocenters. The molecular weight excluding hydrogens is 204 g/mol. The van der Waals surface area contributed by atoms with Gasteiger partial charge in [0.2, 0.25) is 0 Å². The van der Waals surface area contributed by atoms with E-state index in [1.807, 2.05) is 0 Å². The highest BCUT2D eigenvalue weighted by atomic mass is 35.5. The second-order valence-electron chi connectivity index (χ2n) is 4.58. The van der Waals surface area contributed by atoms with Crippen molar-refractivity contribution < 1.29 is 0 Å². The summed E-state index contributed by atoms with van der Waals surface area (Å²) in [5.74, 6) is 1.44. The molecule has 1 aliphatic rings. The van der Waals surface area contributed by atoms with E-state index in [2.05, 4.69) is 37.3 Å². The number of benzene rings is 1. The van der Waals surface area contributed by atoms with Gasteiger partial charge in [0, 0.05) is 11.3 Å². The molecular formula is C14H19Cl. The van der Waals surface area contributed by atoms with Crippen molar-refractivity contribution in [3.63, 3.8) is 0 Å². The summed E-state index contributed by atoms with van der Waals surface area (Å²) in [7, 11) is 0. The van der Waals surface area contributed by atoms with Crippen molar-refractivity contribution in [2.24, 2.45) is 5.92 Å². The molecule has 0 aliphatic heterocycles. The van der Waals surface area contributed by atoms with Crippen LogP contribution in [0.3, 0.4) is 0 Å². The summed E-state index contributed by atoms with van der Waals surface area (Å²) in [6.45, 7) is 2.21.